The second-order valence-electron chi connectivity index (χ2n) is 24.1. The van der Waals surface area contributed by atoms with Crippen molar-refractivity contribution in [2.45, 2.75) is 386 Å². The fourth-order valence-electron chi connectivity index (χ4n) is 10.7. The number of carbonyl (C=O) groups is 3. The molecule has 0 aromatic heterocycles. The van der Waals surface area contributed by atoms with Crippen molar-refractivity contribution >= 4 is 17.9 Å². The number of allylic oxidation sites excluding steroid dienone is 10. The minimum Gasteiger partial charge on any atom is -0.462 e. The highest BCUT2D eigenvalue weighted by Gasteiger charge is 2.19. The summed E-state index contributed by atoms with van der Waals surface area (Å²) < 4.78 is 17.0. The van der Waals surface area contributed by atoms with E-state index in [1.807, 2.05) is 0 Å². The molecule has 0 heterocycles. The van der Waals surface area contributed by atoms with Gasteiger partial charge in [0.05, 0.1) is 0 Å². The maximum Gasteiger partial charge on any atom is 0.306 e. The minimum absolute atomic E-state index is 0.0701. The van der Waals surface area contributed by atoms with Crippen molar-refractivity contribution in [1.82, 2.24) is 0 Å². The molecule has 0 spiro atoms. The molecule has 0 rings (SSSR count). The minimum atomic E-state index is -0.773. The van der Waals surface area contributed by atoms with E-state index in [4.69, 9.17) is 14.2 Å². The summed E-state index contributed by atoms with van der Waals surface area (Å²) in [5.74, 6) is -0.852. The van der Waals surface area contributed by atoms with Gasteiger partial charge < -0.3 is 14.2 Å². The van der Waals surface area contributed by atoms with Gasteiger partial charge in [0.25, 0.3) is 0 Å². The lowest BCUT2D eigenvalue weighted by molar-refractivity contribution is -0.167. The number of unbranched alkanes of at least 4 members (excludes halogenated alkanes) is 45. The first-order chi connectivity index (χ1) is 40.0. The lowest BCUT2D eigenvalue weighted by atomic mass is 10.0. The van der Waals surface area contributed by atoms with Crippen LogP contribution in [-0.4, -0.2) is 37.2 Å². The van der Waals surface area contributed by atoms with E-state index in [1.54, 1.807) is 0 Å². The van der Waals surface area contributed by atoms with Crippen LogP contribution in [0.5, 0.6) is 0 Å². The summed E-state index contributed by atoms with van der Waals surface area (Å²) in [6.07, 6.45) is 89.8. The van der Waals surface area contributed by atoms with Crippen molar-refractivity contribution in [2.24, 2.45) is 0 Å². The van der Waals surface area contributed by atoms with Gasteiger partial charge in [-0.1, -0.05) is 338 Å². The molecule has 0 saturated heterocycles. The Morgan fingerprint density at radius 3 is 0.778 bits per heavy atom. The molecular weight excluding hydrogens is 997 g/mol. The first-order valence-electron chi connectivity index (χ1n) is 35.8. The molecule has 6 heteroatoms. The van der Waals surface area contributed by atoms with Gasteiger partial charge >= 0.3 is 17.9 Å². The maximum absolute atomic E-state index is 12.9. The van der Waals surface area contributed by atoms with E-state index >= 15 is 0 Å². The Morgan fingerprint density at radius 2 is 0.481 bits per heavy atom. The van der Waals surface area contributed by atoms with Gasteiger partial charge in [-0.05, 0) is 83.5 Å². The fraction of sp³-hybridized carbons (Fsp3) is 0.827. The number of ether oxygens (including phenoxy) is 3. The third-order valence-electron chi connectivity index (χ3n) is 16.0. The van der Waals surface area contributed by atoms with Crippen LogP contribution in [0.25, 0.3) is 0 Å². The summed E-state index contributed by atoms with van der Waals surface area (Å²) >= 11 is 0. The molecule has 6 nitrogen and oxygen atoms in total. The maximum atomic E-state index is 12.9. The molecule has 0 aliphatic heterocycles. The topological polar surface area (TPSA) is 78.9 Å². The normalized spacial score (nSPS) is 12.4. The van der Waals surface area contributed by atoms with Crippen LogP contribution in [0.2, 0.25) is 0 Å². The van der Waals surface area contributed by atoms with E-state index in [0.29, 0.717) is 19.3 Å². The Hall–Kier alpha value is -2.89. The molecule has 0 aromatic rings. The predicted molar refractivity (Wildman–Crippen MR) is 353 cm³/mol. The highest BCUT2D eigenvalue weighted by atomic mass is 16.6. The van der Waals surface area contributed by atoms with Gasteiger partial charge in [0.15, 0.2) is 6.10 Å². The summed E-state index contributed by atoms with van der Waals surface area (Å²) in [6, 6.07) is 0. The van der Waals surface area contributed by atoms with Crippen molar-refractivity contribution in [3.63, 3.8) is 0 Å². The van der Waals surface area contributed by atoms with Crippen LogP contribution in [0.1, 0.15) is 380 Å². The zero-order valence-electron chi connectivity index (χ0n) is 54.3. The zero-order valence-corrected chi connectivity index (χ0v) is 54.3. The predicted octanol–water partition coefficient (Wildman–Crippen LogP) is 24.7. The first kappa shape index (κ1) is 78.1. The Bertz CT molecular complexity index is 1440. The summed E-state index contributed by atoms with van der Waals surface area (Å²) in [5.41, 5.74) is 0. The first-order valence-corrected chi connectivity index (χ1v) is 35.8. The summed E-state index contributed by atoms with van der Waals surface area (Å²) in [4.78, 5) is 38.4. The highest BCUT2D eigenvalue weighted by Crippen LogP contribution is 2.18. The molecule has 0 radical (unpaired) electrons. The van der Waals surface area contributed by atoms with E-state index in [0.717, 1.165) is 89.9 Å². The largest absolute Gasteiger partial charge is 0.462 e. The monoisotopic (exact) mass is 1130 g/mol. The Kier molecular flexibility index (Phi) is 67.1. The fourth-order valence-corrected chi connectivity index (χ4v) is 10.7. The average molecular weight is 1130 g/mol. The molecule has 0 aliphatic carbocycles. The van der Waals surface area contributed by atoms with Gasteiger partial charge in [0, 0.05) is 19.3 Å². The molecule has 0 fully saturated rings. The van der Waals surface area contributed by atoms with Crippen molar-refractivity contribution in [2.75, 3.05) is 13.2 Å². The summed E-state index contributed by atoms with van der Waals surface area (Å²) in [6.45, 7) is 6.57. The third kappa shape index (κ3) is 67.8. The second-order valence-corrected chi connectivity index (χ2v) is 24.1. The van der Waals surface area contributed by atoms with Gasteiger partial charge in [-0.15, -0.1) is 0 Å². The van der Waals surface area contributed by atoms with Crippen LogP contribution in [-0.2, 0) is 28.6 Å². The number of hydrogen-bond donors (Lipinski definition) is 0. The number of carbonyl (C=O) groups excluding carboxylic acids is 3. The number of rotatable bonds is 66. The lowest BCUT2D eigenvalue weighted by Crippen LogP contribution is -2.30. The lowest BCUT2D eigenvalue weighted by Gasteiger charge is -2.18. The van der Waals surface area contributed by atoms with Gasteiger partial charge in [-0.25, -0.2) is 0 Å². The van der Waals surface area contributed by atoms with E-state index in [9.17, 15) is 14.4 Å². The third-order valence-corrected chi connectivity index (χ3v) is 16.0. The van der Waals surface area contributed by atoms with E-state index in [1.165, 1.54) is 250 Å². The molecule has 81 heavy (non-hydrogen) atoms. The molecule has 472 valence electrons. The zero-order chi connectivity index (χ0) is 58.5. The van der Waals surface area contributed by atoms with Crippen LogP contribution in [0.3, 0.4) is 0 Å². The van der Waals surface area contributed by atoms with Crippen LogP contribution < -0.4 is 0 Å². The van der Waals surface area contributed by atoms with Crippen LogP contribution in [0, 0.1) is 0 Å². The van der Waals surface area contributed by atoms with Crippen molar-refractivity contribution in [3.8, 4) is 0 Å². The van der Waals surface area contributed by atoms with Crippen LogP contribution in [0.4, 0.5) is 0 Å². The summed E-state index contributed by atoms with van der Waals surface area (Å²) in [7, 11) is 0. The van der Waals surface area contributed by atoms with Gasteiger partial charge in [-0.2, -0.15) is 0 Å². The Morgan fingerprint density at radius 1 is 0.259 bits per heavy atom. The molecular formula is C75H136O6. The molecule has 0 bridgehead atoms. The molecule has 0 aliphatic rings. The quantitative estimate of drug-likeness (QED) is 0.0261. The second kappa shape index (κ2) is 69.6. The standard InChI is InChI=1S/C75H136O6/c1-4-7-10-13-16-19-22-25-27-29-30-31-32-33-34-35-36-37-38-39-40-41-42-43-44-46-47-50-53-56-59-62-65-68-74(77)80-71-72(70-79-73(76)67-64-61-58-55-52-49-24-21-18-15-12-9-6-3)81-75(78)69-66-63-60-57-54-51-48-45-28-26-23-20-17-14-11-8-5-2/h7,10,16,19,21,24-25,27,30-31,72H,4-6,8-9,11-15,17-18,20,22-23,26,28-29,32-71H2,1-3H3/b10-7-,19-16-,24-21-,27-25-,31-30-. The van der Waals surface area contributed by atoms with Gasteiger partial charge in [-0.3, -0.25) is 14.4 Å². The molecule has 0 amide bonds. The number of hydrogen-bond acceptors (Lipinski definition) is 6. The Balaban J connectivity index is 4.12. The van der Waals surface area contributed by atoms with E-state index in [2.05, 4.69) is 81.5 Å². The molecule has 0 aromatic carbocycles. The SMILES string of the molecule is CC/C=C\C/C=C\C/C=C\C/C=C\CCCCCCCCCCCCCCCCCCCCCCC(=O)OCC(COC(=O)CCCCCCC/C=C\CCCCCC)OC(=O)CCCCCCCCCCCCCCCCCCC. The van der Waals surface area contributed by atoms with E-state index in [-0.39, 0.29) is 31.1 Å². The van der Waals surface area contributed by atoms with Crippen LogP contribution in [0.15, 0.2) is 60.8 Å². The van der Waals surface area contributed by atoms with Crippen molar-refractivity contribution in [3.05, 3.63) is 60.8 Å². The smallest absolute Gasteiger partial charge is 0.306 e. The van der Waals surface area contributed by atoms with Crippen molar-refractivity contribution in [1.29, 1.82) is 0 Å². The molecule has 0 N–H and O–H groups in total. The molecule has 1 unspecified atom stereocenters. The van der Waals surface area contributed by atoms with Gasteiger partial charge in [0.2, 0.25) is 0 Å². The van der Waals surface area contributed by atoms with E-state index < -0.39 is 6.10 Å². The molecule has 0 saturated carbocycles. The number of esters is 3. The van der Waals surface area contributed by atoms with Crippen LogP contribution >= 0.6 is 0 Å². The molecule has 1 atom stereocenters. The summed E-state index contributed by atoms with van der Waals surface area (Å²) in [5, 5.41) is 0. The van der Waals surface area contributed by atoms with Crippen molar-refractivity contribution < 1.29 is 28.6 Å². The Labute approximate surface area is 504 Å². The van der Waals surface area contributed by atoms with Gasteiger partial charge in [0.1, 0.15) is 13.2 Å². The average Bonchev–Trinajstić information content (AvgIpc) is 3.46. The highest BCUT2D eigenvalue weighted by molar-refractivity contribution is 5.71.